The van der Waals surface area contributed by atoms with Gasteiger partial charge in [-0.25, -0.2) is 9.78 Å². The van der Waals surface area contributed by atoms with Crippen LogP contribution in [0.15, 0.2) is 12.3 Å². The summed E-state index contributed by atoms with van der Waals surface area (Å²) in [6, 6.07) is 1.49. The van der Waals surface area contributed by atoms with E-state index in [-0.39, 0.29) is 23.7 Å². The topological polar surface area (TPSA) is 97.5 Å². The minimum absolute atomic E-state index is 0.133. The molecule has 0 aromatic carbocycles. The molecule has 3 N–H and O–H groups in total. The van der Waals surface area contributed by atoms with Gasteiger partial charge in [0.2, 0.25) is 5.91 Å². The molecule has 0 atom stereocenters. The Balaban J connectivity index is 2.97. The van der Waals surface area contributed by atoms with Gasteiger partial charge in [-0.3, -0.25) is 4.79 Å². The number of methoxy groups -OCH3 is 1. The number of hydrogen-bond donors (Lipinski definition) is 2. The molecule has 18 heavy (non-hydrogen) atoms. The molecule has 7 heteroatoms. The first kappa shape index (κ1) is 13.8. The van der Waals surface area contributed by atoms with Crippen LogP contribution in [0.25, 0.3) is 0 Å². The zero-order chi connectivity index (χ0) is 13.7. The van der Waals surface area contributed by atoms with Crippen LogP contribution in [0.5, 0.6) is 0 Å². The summed E-state index contributed by atoms with van der Waals surface area (Å²) >= 11 is 0. The fraction of sp³-hybridized carbons (Fsp3) is 0.364. The average molecular weight is 252 g/mol. The van der Waals surface area contributed by atoms with E-state index in [1.54, 1.807) is 19.0 Å². The van der Waals surface area contributed by atoms with Crippen LogP contribution in [0, 0.1) is 0 Å². The van der Waals surface area contributed by atoms with E-state index in [0.29, 0.717) is 5.82 Å². The molecule has 0 radical (unpaired) electrons. The largest absolute Gasteiger partial charge is 0.465 e. The van der Waals surface area contributed by atoms with Crippen molar-refractivity contribution in [1.29, 1.82) is 0 Å². The lowest BCUT2D eigenvalue weighted by molar-refractivity contribution is -0.119. The first-order valence-electron chi connectivity index (χ1n) is 5.25. The highest BCUT2D eigenvalue weighted by Gasteiger charge is 2.14. The third-order valence-electron chi connectivity index (χ3n) is 2.38. The van der Waals surface area contributed by atoms with E-state index in [0.717, 1.165) is 0 Å². The average Bonchev–Trinajstić information content (AvgIpc) is 2.38. The fourth-order valence-corrected chi connectivity index (χ4v) is 1.33. The van der Waals surface area contributed by atoms with E-state index in [9.17, 15) is 9.59 Å². The summed E-state index contributed by atoms with van der Waals surface area (Å²) in [5.41, 5.74) is 6.10. The molecule has 0 unspecified atom stereocenters. The van der Waals surface area contributed by atoms with Crippen LogP contribution in [0.2, 0.25) is 0 Å². The van der Waals surface area contributed by atoms with Crippen molar-refractivity contribution in [3.05, 3.63) is 17.8 Å². The van der Waals surface area contributed by atoms with Crippen LogP contribution in [-0.2, 0) is 9.53 Å². The number of hydrogen-bond acceptors (Lipinski definition) is 6. The molecule has 0 fully saturated rings. The Bertz CT molecular complexity index is 462. The molecule has 0 bridgehead atoms. The van der Waals surface area contributed by atoms with Crippen LogP contribution < -0.4 is 16.0 Å². The van der Waals surface area contributed by atoms with Crippen molar-refractivity contribution in [2.75, 3.05) is 38.4 Å². The molecule has 1 rings (SSSR count). The van der Waals surface area contributed by atoms with E-state index in [1.165, 1.54) is 19.4 Å². The molecule has 0 aliphatic rings. The molecule has 1 aromatic heterocycles. The number of carbonyl (C=O) groups excluding carboxylic acids is 2. The quantitative estimate of drug-likeness (QED) is 0.710. The van der Waals surface area contributed by atoms with Crippen molar-refractivity contribution in [2.24, 2.45) is 0 Å². The van der Waals surface area contributed by atoms with Gasteiger partial charge in [-0.05, 0) is 6.07 Å². The third kappa shape index (κ3) is 3.09. The van der Waals surface area contributed by atoms with Gasteiger partial charge in [-0.15, -0.1) is 0 Å². The number of pyridine rings is 1. The molecule has 0 aliphatic carbocycles. The maximum atomic E-state index is 11.5. The van der Waals surface area contributed by atoms with E-state index in [4.69, 9.17) is 5.73 Å². The SMILES string of the molecule is CNC(=O)CN(C)c1cc(C(=O)OC)c(N)cn1. The van der Waals surface area contributed by atoms with Crippen LogP contribution in [0.3, 0.4) is 0 Å². The number of aromatic nitrogens is 1. The van der Waals surface area contributed by atoms with Gasteiger partial charge in [0, 0.05) is 14.1 Å². The molecular weight excluding hydrogens is 236 g/mol. The van der Waals surface area contributed by atoms with E-state index in [2.05, 4.69) is 15.0 Å². The molecule has 7 nitrogen and oxygen atoms in total. The number of carbonyl (C=O) groups is 2. The summed E-state index contributed by atoms with van der Waals surface area (Å²) in [4.78, 5) is 28.4. The lowest BCUT2D eigenvalue weighted by Gasteiger charge is -2.17. The smallest absolute Gasteiger partial charge is 0.340 e. The van der Waals surface area contributed by atoms with Crippen molar-refractivity contribution >= 4 is 23.4 Å². The highest BCUT2D eigenvalue weighted by atomic mass is 16.5. The summed E-state index contributed by atoms with van der Waals surface area (Å²) in [6.07, 6.45) is 1.36. The normalized spacial score (nSPS) is 9.72. The van der Waals surface area contributed by atoms with Gasteiger partial charge in [-0.2, -0.15) is 0 Å². The van der Waals surface area contributed by atoms with Crippen molar-refractivity contribution in [3.63, 3.8) is 0 Å². The summed E-state index contributed by atoms with van der Waals surface area (Å²) in [5, 5.41) is 2.50. The molecule has 1 amide bonds. The zero-order valence-electron chi connectivity index (χ0n) is 10.6. The first-order chi connectivity index (χ1) is 8.49. The summed E-state index contributed by atoms with van der Waals surface area (Å²) in [6.45, 7) is 0.133. The van der Waals surface area contributed by atoms with Crippen molar-refractivity contribution in [1.82, 2.24) is 10.3 Å². The number of anilines is 2. The second kappa shape index (κ2) is 5.85. The minimum atomic E-state index is -0.538. The Morgan fingerprint density at radius 3 is 2.78 bits per heavy atom. The van der Waals surface area contributed by atoms with Gasteiger partial charge >= 0.3 is 5.97 Å². The molecule has 0 aliphatic heterocycles. The molecule has 1 aromatic rings. The Labute approximate surface area is 105 Å². The molecule has 0 saturated heterocycles. The van der Waals surface area contributed by atoms with Crippen molar-refractivity contribution in [2.45, 2.75) is 0 Å². The Kier molecular flexibility index (Phi) is 4.47. The van der Waals surface area contributed by atoms with Gasteiger partial charge in [0.05, 0.1) is 31.1 Å². The van der Waals surface area contributed by atoms with Crippen LogP contribution in [-0.4, -0.2) is 44.6 Å². The summed E-state index contributed by atoms with van der Waals surface area (Å²) in [7, 11) is 4.51. The number of nitrogens with one attached hydrogen (secondary N) is 1. The Morgan fingerprint density at radius 2 is 2.22 bits per heavy atom. The highest BCUT2D eigenvalue weighted by Crippen LogP contribution is 2.17. The van der Waals surface area contributed by atoms with Gasteiger partial charge in [0.25, 0.3) is 0 Å². The predicted molar refractivity (Wildman–Crippen MR) is 67.3 cm³/mol. The van der Waals surface area contributed by atoms with Gasteiger partial charge < -0.3 is 20.7 Å². The van der Waals surface area contributed by atoms with Crippen LogP contribution in [0.4, 0.5) is 11.5 Å². The monoisotopic (exact) mass is 252 g/mol. The number of nitrogens with zero attached hydrogens (tertiary/aromatic N) is 2. The maximum Gasteiger partial charge on any atom is 0.340 e. The van der Waals surface area contributed by atoms with Crippen LogP contribution >= 0.6 is 0 Å². The third-order valence-corrected chi connectivity index (χ3v) is 2.38. The van der Waals surface area contributed by atoms with Crippen molar-refractivity contribution < 1.29 is 14.3 Å². The van der Waals surface area contributed by atoms with Crippen LogP contribution in [0.1, 0.15) is 10.4 Å². The molecule has 0 spiro atoms. The second-order valence-corrected chi connectivity index (χ2v) is 3.65. The predicted octanol–water partition coefficient (Wildman–Crippen LogP) is -0.367. The highest BCUT2D eigenvalue weighted by molar-refractivity contribution is 5.95. The van der Waals surface area contributed by atoms with Gasteiger partial charge in [0.15, 0.2) is 0 Å². The number of rotatable bonds is 4. The zero-order valence-corrected chi connectivity index (χ0v) is 10.6. The Hall–Kier alpha value is -2.31. The molecule has 0 saturated carbocycles. The first-order valence-corrected chi connectivity index (χ1v) is 5.25. The number of amides is 1. The summed E-state index contributed by atoms with van der Waals surface area (Å²) < 4.78 is 4.61. The van der Waals surface area contributed by atoms with E-state index in [1.807, 2.05) is 0 Å². The number of likely N-dealkylation sites (N-methyl/N-ethyl adjacent to an activating group) is 2. The van der Waals surface area contributed by atoms with Gasteiger partial charge in [-0.1, -0.05) is 0 Å². The molecular formula is C11H16N4O3. The maximum absolute atomic E-state index is 11.5. The molecule has 98 valence electrons. The number of ether oxygens (including phenoxy) is 1. The van der Waals surface area contributed by atoms with E-state index >= 15 is 0 Å². The lowest BCUT2D eigenvalue weighted by Crippen LogP contribution is -2.33. The molecule has 1 heterocycles. The Morgan fingerprint density at radius 1 is 1.56 bits per heavy atom. The van der Waals surface area contributed by atoms with Gasteiger partial charge in [0.1, 0.15) is 5.82 Å². The standard InChI is InChI=1S/C11H16N4O3/c1-13-10(16)6-15(2)9-4-7(11(17)18-3)8(12)5-14-9/h4-5H,6,12H2,1-3H3,(H,13,16). The minimum Gasteiger partial charge on any atom is -0.465 e. The van der Waals surface area contributed by atoms with Crippen molar-refractivity contribution in [3.8, 4) is 0 Å². The number of esters is 1. The summed E-state index contributed by atoms with van der Waals surface area (Å²) in [5.74, 6) is -0.228. The van der Waals surface area contributed by atoms with E-state index < -0.39 is 5.97 Å². The lowest BCUT2D eigenvalue weighted by atomic mass is 10.2. The number of nitrogens with two attached hydrogens (primary N) is 1. The second-order valence-electron chi connectivity index (χ2n) is 3.65. The fourth-order valence-electron chi connectivity index (χ4n) is 1.33. The number of nitrogen functional groups attached to an aromatic ring is 1.